The minimum atomic E-state index is 0.0404. The topological polar surface area (TPSA) is 49.4 Å². The Kier molecular flexibility index (Phi) is 32.5. The molecule has 1 atom stereocenters. The van der Waals surface area contributed by atoms with Crippen LogP contribution in [-0.4, -0.2) is 41.3 Å². The average molecular weight is 645 g/mol. The second kappa shape index (κ2) is 34.0. The number of carbonyl (C=O) groups is 2. The minimum Gasteiger partial charge on any atom is -0.349 e. The van der Waals surface area contributed by atoms with E-state index in [1.165, 1.54) is 70.6 Å². The molecule has 44 heavy (non-hydrogen) atoms. The van der Waals surface area contributed by atoms with Crippen LogP contribution >= 0.6 is 21.6 Å². The van der Waals surface area contributed by atoms with Crippen molar-refractivity contribution in [3.63, 3.8) is 0 Å². The molecule has 6 heteroatoms. The first-order chi connectivity index (χ1) is 21.5. The Morgan fingerprint density at radius 1 is 0.682 bits per heavy atom. The first-order valence-electron chi connectivity index (χ1n) is 17.1. The number of nitrogens with zero attached hydrogens (tertiary/aromatic N) is 1. The zero-order valence-electron chi connectivity index (χ0n) is 28.2. The van der Waals surface area contributed by atoms with Crippen LogP contribution in [0.25, 0.3) is 0 Å². The third kappa shape index (κ3) is 31.5. The van der Waals surface area contributed by atoms with Gasteiger partial charge in [0.05, 0.1) is 6.04 Å². The summed E-state index contributed by atoms with van der Waals surface area (Å²) in [4.78, 5) is 25.4. The maximum atomic E-state index is 12.1. The first kappa shape index (κ1) is 42.1. The molecule has 0 saturated heterocycles. The standard InChI is InChI=1S/C38H64N2O2S2/c1-5-7-9-10-11-12-13-14-15-18-21-24-27-31-37(39-36(3)41)35-44-43-34-30-26-23-20-17-16-19-22-25-28-32-38(42)40(4)33-29-8-6-2/h5-6,9-10,23,26-27,29,31,33,37H,1-2,7-8,11-22,24-25,28,30,32,34-35H2,3-4H3,(H,39,41)/b10-9+,26-23+,31-27+,33-29+. The van der Waals surface area contributed by atoms with Crippen LogP contribution in [0.2, 0.25) is 0 Å². The number of hydrogen-bond donors (Lipinski definition) is 1. The lowest BCUT2D eigenvalue weighted by molar-refractivity contribution is -0.127. The zero-order chi connectivity index (χ0) is 32.4. The highest BCUT2D eigenvalue weighted by molar-refractivity contribution is 8.76. The predicted octanol–water partition coefficient (Wildman–Crippen LogP) is 11.3. The van der Waals surface area contributed by atoms with E-state index in [0.717, 1.165) is 56.5 Å². The highest BCUT2D eigenvalue weighted by Crippen LogP contribution is 2.23. The van der Waals surface area contributed by atoms with Gasteiger partial charge in [-0.05, 0) is 64.2 Å². The quantitative estimate of drug-likeness (QED) is 0.0463. The van der Waals surface area contributed by atoms with E-state index in [9.17, 15) is 9.59 Å². The van der Waals surface area contributed by atoms with Crippen LogP contribution in [0.3, 0.4) is 0 Å². The Labute approximate surface area is 279 Å². The molecule has 250 valence electrons. The lowest BCUT2D eigenvalue weighted by Crippen LogP contribution is -2.33. The van der Waals surface area contributed by atoms with E-state index in [1.807, 2.05) is 53.1 Å². The van der Waals surface area contributed by atoms with Crippen molar-refractivity contribution in [1.29, 1.82) is 0 Å². The fraction of sp³-hybridized carbons (Fsp3) is 0.632. The van der Waals surface area contributed by atoms with Gasteiger partial charge in [0.2, 0.25) is 11.8 Å². The van der Waals surface area contributed by atoms with Crippen molar-refractivity contribution >= 4 is 33.4 Å². The Balaban J connectivity index is 3.72. The number of amides is 2. The molecule has 0 rings (SSSR count). The molecule has 0 fully saturated rings. The molecular weight excluding hydrogens is 581 g/mol. The molecule has 0 bridgehead atoms. The van der Waals surface area contributed by atoms with E-state index in [0.29, 0.717) is 6.42 Å². The summed E-state index contributed by atoms with van der Waals surface area (Å²) in [5.74, 6) is 2.24. The van der Waals surface area contributed by atoms with Gasteiger partial charge >= 0.3 is 0 Å². The maximum Gasteiger partial charge on any atom is 0.226 e. The summed E-state index contributed by atoms with van der Waals surface area (Å²) < 4.78 is 0. The molecule has 0 aromatic carbocycles. The third-order valence-electron chi connectivity index (χ3n) is 7.12. The highest BCUT2D eigenvalue weighted by Gasteiger charge is 2.07. The summed E-state index contributed by atoms with van der Waals surface area (Å²) in [6.45, 7) is 9.02. The van der Waals surface area contributed by atoms with Gasteiger partial charge in [-0.15, -0.1) is 13.2 Å². The Morgan fingerprint density at radius 2 is 1.20 bits per heavy atom. The van der Waals surface area contributed by atoms with Gasteiger partial charge in [-0.1, -0.05) is 128 Å². The van der Waals surface area contributed by atoms with Crippen molar-refractivity contribution in [3.8, 4) is 0 Å². The summed E-state index contributed by atoms with van der Waals surface area (Å²) in [7, 11) is 5.58. The molecule has 0 aliphatic carbocycles. The van der Waals surface area contributed by atoms with Crippen molar-refractivity contribution in [2.24, 2.45) is 0 Å². The zero-order valence-corrected chi connectivity index (χ0v) is 29.8. The van der Waals surface area contributed by atoms with Gasteiger partial charge in [-0.2, -0.15) is 0 Å². The van der Waals surface area contributed by atoms with Gasteiger partial charge in [0.1, 0.15) is 0 Å². The van der Waals surface area contributed by atoms with Crippen molar-refractivity contribution in [1.82, 2.24) is 10.2 Å². The molecule has 0 saturated carbocycles. The number of nitrogens with one attached hydrogen (secondary N) is 1. The van der Waals surface area contributed by atoms with Crippen molar-refractivity contribution in [3.05, 3.63) is 74.0 Å². The Hall–Kier alpha value is -1.92. The lowest BCUT2D eigenvalue weighted by atomic mass is 10.1. The maximum absolute atomic E-state index is 12.1. The first-order valence-corrected chi connectivity index (χ1v) is 19.6. The van der Waals surface area contributed by atoms with E-state index in [4.69, 9.17) is 0 Å². The molecule has 0 radical (unpaired) electrons. The molecule has 4 nitrogen and oxygen atoms in total. The molecule has 0 aromatic heterocycles. The van der Waals surface area contributed by atoms with Crippen LogP contribution in [-0.2, 0) is 9.59 Å². The summed E-state index contributed by atoms with van der Waals surface area (Å²) >= 11 is 0. The van der Waals surface area contributed by atoms with Gasteiger partial charge in [0, 0.05) is 38.1 Å². The van der Waals surface area contributed by atoms with Crippen molar-refractivity contribution in [2.75, 3.05) is 18.6 Å². The van der Waals surface area contributed by atoms with Crippen LogP contribution in [0.1, 0.15) is 129 Å². The van der Waals surface area contributed by atoms with Gasteiger partial charge in [0.15, 0.2) is 0 Å². The van der Waals surface area contributed by atoms with Crippen LogP contribution in [0.4, 0.5) is 0 Å². The van der Waals surface area contributed by atoms with Crippen LogP contribution in [0.5, 0.6) is 0 Å². The van der Waals surface area contributed by atoms with E-state index in [2.05, 4.69) is 54.9 Å². The fourth-order valence-electron chi connectivity index (χ4n) is 4.56. The predicted molar refractivity (Wildman–Crippen MR) is 200 cm³/mol. The average Bonchev–Trinajstić information content (AvgIpc) is 3.00. The number of allylic oxidation sites excluding steroid dienone is 8. The fourth-order valence-corrected chi connectivity index (χ4v) is 6.72. The number of unbranched alkanes of at least 4 members (excludes halogenated alkanes) is 13. The number of carbonyl (C=O) groups excluding carboxylic acids is 2. The van der Waals surface area contributed by atoms with E-state index < -0.39 is 0 Å². The highest BCUT2D eigenvalue weighted by atomic mass is 33.1. The molecule has 1 unspecified atom stereocenters. The van der Waals surface area contributed by atoms with Crippen LogP contribution < -0.4 is 5.32 Å². The van der Waals surface area contributed by atoms with Gasteiger partial charge in [0.25, 0.3) is 0 Å². The molecule has 2 amide bonds. The molecule has 1 N–H and O–H groups in total. The SMILES string of the molecule is C=CC/C=C/CCCCCCCC/C=C/C(CSSCC/C=C/CCCCCCCCC(=O)N(C)/C=C/CC=C)NC(C)=O. The van der Waals surface area contributed by atoms with E-state index in [-0.39, 0.29) is 17.9 Å². The van der Waals surface area contributed by atoms with Gasteiger partial charge in [-0.3, -0.25) is 9.59 Å². The lowest BCUT2D eigenvalue weighted by Gasteiger charge is -2.13. The van der Waals surface area contributed by atoms with Crippen molar-refractivity contribution in [2.45, 2.75) is 135 Å². The number of hydrogen-bond acceptors (Lipinski definition) is 4. The Morgan fingerprint density at radius 3 is 1.82 bits per heavy atom. The summed E-state index contributed by atoms with van der Waals surface area (Å²) in [6.07, 6.45) is 42.9. The summed E-state index contributed by atoms with van der Waals surface area (Å²) in [5, 5.41) is 3.08. The second-order valence-electron chi connectivity index (χ2n) is 11.4. The monoisotopic (exact) mass is 644 g/mol. The van der Waals surface area contributed by atoms with Crippen LogP contribution in [0.15, 0.2) is 74.0 Å². The normalized spacial score (nSPS) is 12.5. The molecule has 0 aliphatic heterocycles. The third-order valence-corrected chi connectivity index (χ3v) is 9.59. The summed E-state index contributed by atoms with van der Waals surface area (Å²) in [6, 6.07) is 0.112. The largest absolute Gasteiger partial charge is 0.349 e. The second-order valence-corrected chi connectivity index (χ2v) is 14.0. The minimum absolute atomic E-state index is 0.0404. The molecule has 0 aliphatic rings. The van der Waals surface area contributed by atoms with Crippen LogP contribution in [0, 0.1) is 0 Å². The van der Waals surface area contributed by atoms with Crippen molar-refractivity contribution < 1.29 is 9.59 Å². The molecule has 0 heterocycles. The smallest absolute Gasteiger partial charge is 0.226 e. The molecular formula is C38H64N2O2S2. The van der Waals surface area contributed by atoms with Gasteiger partial charge in [-0.25, -0.2) is 0 Å². The Bertz CT molecular complexity index is 835. The van der Waals surface area contributed by atoms with Gasteiger partial charge < -0.3 is 10.2 Å². The van der Waals surface area contributed by atoms with E-state index >= 15 is 0 Å². The summed E-state index contributed by atoms with van der Waals surface area (Å²) in [5.41, 5.74) is 0. The molecule has 0 aromatic rings. The molecule has 0 spiro atoms. The van der Waals surface area contributed by atoms with E-state index in [1.54, 1.807) is 11.8 Å². The number of rotatable bonds is 31.